The molecule has 0 aliphatic rings. The molecule has 5 heteroatoms. The van der Waals surface area contributed by atoms with E-state index >= 15 is 0 Å². The van der Waals surface area contributed by atoms with Gasteiger partial charge in [-0.2, -0.15) is 0 Å². The number of amides is 2. The highest BCUT2D eigenvalue weighted by atomic mass is 16.5. The number of benzene rings is 2. The molecule has 0 heterocycles. The van der Waals surface area contributed by atoms with Crippen molar-refractivity contribution in [3.05, 3.63) is 65.7 Å². The van der Waals surface area contributed by atoms with Crippen molar-refractivity contribution in [2.75, 3.05) is 0 Å². The van der Waals surface area contributed by atoms with Crippen LogP contribution in [0.3, 0.4) is 0 Å². The molecule has 2 N–H and O–H groups in total. The molecule has 0 saturated heterocycles. The number of carbonyl (C=O) groups is 2. The van der Waals surface area contributed by atoms with Gasteiger partial charge in [0.2, 0.25) is 5.91 Å². The molecule has 1 atom stereocenters. The van der Waals surface area contributed by atoms with Crippen molar-refractivity contribution < 1.29 is 14.3 Å². The first kappa shape index (κ1) is 17.5. The molecule has 24 heavy (non-hydrogen) atoms. The molecule has 0 radical (unpaired) electrons. The Morgan fingerprint density at radius 2 is 1.79 bits per heavy atom. The smallest absolute Gasteiger partial charge is 0.279 e. The summed E-state index contributed by atoms with van der Waals surface area (Å²) in [6.45, 7) is 3.58. The van der Waals surface area contributed by atoms with Gasteiger partial charge in [-0.05, 0) is 43.5 Å². The van der Waals surface area contributed by atoms with Gasteiger partial charge >= 0.3 is 0 Å². The van der Waals surface area contributed by atoms with Crippen molar-refractivity contribution in [1.29, 1.82) is 0 Å². The summed E-state index contributed by atoms with van der Waals surface area (Å²) in [5, 5.41) is 0. The second-order valence-electron chi connectivity index (χ2n) is 5.60. The van der Waals surface area contributed by atoms with Crippen LogP contribution in [-0.2, 0) is 16.0 Å². The largest absolute Gasteiger partial charge is 0.481 e. The third kappa shape index (κ3) is 5.76. The number of ether oxygens (including phenoxy) is 1. The van der Waals surface area contributed by atoms with E-state index in [1.165, 1.54) is 0 Å². The summed E-state index contributed by atoms with van der Waals surface area (Å²) >= 11 is 0. The van der Waals surface area contributed by atoms with E-state index < -0.39 is 12.0 Å². The number of hydrogen-bond acceptors (Lipinski definition) is 3. The molecule has 126 valence electrons. The Labute approximate surface area is 142 Å². The van der Waals surface area contributed by atoms with Crippen molar-refractivity contribution in [1.82, 2.24) is 10.9 Å². The van der Waals surface area contributed by atoms with Crippen molar-refractivity contribution >= 4 is 11.8 Å². The molecule has 1 unspecified atom stereocenters. The average Bonchev–Trinajstić information content (AvgIpc) is 2.58. The molecule has 2 aromatic rings. The van der Waals surface area contributed by atoms with Crippen LogP contribution in [0.1, 0.15) is 24.5 Å². The summed E-state index contributed by atoms with van der Waals surface area (Å²) in [5.74, 6) is -0.0208. The summed E-state index contributed by atoms with van der Waals surface area (Å²) in [4.78, 5) is 23.7. The summed E-state index contributed by atoms with van der Waals surface area (Å²) in [7, 11) is 0. The van der Waals surface area contributed by atoms with Crippen LogP contribution in [0.4, 0.5) is 0 Å². The predicted molar refractivity (Wildman–Crippen MR) is 92.3 cm³/mol. The summed E-state index contributed by atoms with van der Waals surface area (Å²) < 4.78 is 5.56. The molecule has 2 amide bonds. The lowest BCUT2D eigenvalue weighted by molar-refractivity contribution is -0.132. The molecule has 0 saturated carbocycles. The molecule has 0 fully saturated rings. The number of nitrogens with one attached hydrogen (secondary N) is 2. The van der Waals surface area contributed by atoms with E-state index in [0.29, 0.717) is 18.6 Å². The van der Waals surface area contributed by atoms with Crippen LogP contribution in [-0.4, -0.2) is 17.9 Å². The van der Waals surface area contributed by atoms with Gasteiger partial charge in [-0.1, -0.05) is 42.5 Å². The average molecular weight is 326 g/mol. The fourth-order valence-electron chi connectivity index (χ4n) is 2.14. The second kappa shape index (κ2) is 8.72. The topological polar surface area (TPSA) is 67.4 Å². The molecule has 2 rings (SSSR count). The van der Waals surface area contributed by atoms with E-state index in [-0.39, 0.29) is 5.91 Å². The maximum atomic E-state index is 12.0. The van der Waals surface area contributed by atoms with Crippen molar-refractivity contribution in [2.24, 2.45) is 0 Å². The number of aryl methyl sites for hydroxylation is 2. The first-order chi connectivity index (χ1) is 11.5. The van der Waals surface area contributed by atoms with Gasteiger partial charge in [0, 0.05) is 6.42 Å². The second-order valence-corrected chi connectivity index (χ2v) is 5.60. The Hall–Kier alpha value is -2.82. The lowest BCUT2D eigenvalue weighted by Crippen LogP contribution is -2.47. The number of hydrogen-bond donors (Lipinski definition) is 2. The number of carbonyl (C=O) groups excluding carboxylic acids is 2. The van der Waals surface area contributed by atoms with E-state index in [1.54, 1.807) is 13.0 Å². The maximum absolute atomic E-state index is 12.0. The Balaban J connectivity index is 1.72. The summed E-state index contributed by atoms with van der Waals surface area (Å²) in [5.41, 5.74) is 6.93. The molecule has 5 nitrogen and oxygen atoms in total. The minimum absolute atomic E-state index is 0.241. The lowest BCUT2D eigenvalue weighted by atomic mass is 10.1. The van der Waals surface area contributed by atoms with Gasteiger partial charge in [-0.3, -0.25) is 20.4 Å². The fraction of sp³-hybridized carbons (Fsp3) is 0.263. The normalized spacial score (nSPS) is 11.4. The third-order valence-electron chi connectivity index (χ3n) is 3.48. The van der Waals surface area contributed by atoms with Crippen molar-refractivity contribution in [2.45, 2.75) is 32.8 Å². The van der Waals surface area contributed by atoms with Crippen molar-refractivity contribution in [3.63, 3.8) is 0 Å². The monoisotopic (exact) mass is 326 g/mol. The SMILES string of the molecule is Cc1cccc(OC(C)C(=O)NNC(=O)CCc2ccccc2)c1. The highest BCUT2D eigenvalue weighted by molar-refractivity contribution is 5.84. The lowest BCUT2D eigenvalue weighted by Gasteiger charge is -2.15. The van der Waals surface area contributed by atoms with Gasteiger partial charge in [0.15, 0.2) is 6.10 Å². The van der Waals surface area contributed by atoms with Crippen LogP contribution in [0.15, 0.2) is 54.6 Å². The Morgan fingerprint density at radius 1 is 1.04 bits per heavy atom. The first-order valence-electron chi connectivity index (χ1n) is 7.90. The molecule has 2 aromatic carbocycles. The Bertz CT molecular complexity index is 686. The van der Waals surface area contributed by atoms with E-state index in [9.17, 15) is 9.59 Å². The molecule has 0 aromatic heterocycles. The molecular formula is C19H22N2O3. The zero-order valence-electron chi connectivity index (χ0n) is 13.9. The van der Waals surface area contributed by atoms with E-state index in [4.69, 9.17) is 4.74 Å². The van der Waals surface area contributed by atoms with Crippen LogP contribution in [0, 0.1) is 6.92 Å². The minimum Gasteiger partial charge on any atom is -0.481 e. The zero-order valence-corrected chi connectivity index (χ0v) is 13.9. The van der Waals surface area contributed by atoms with E-state index in [0.717, 1.165) is 11.1 Å². The highest BCUT2D eigenvalue weighted by Gasteiger charge is 2.15. The van der Waals surface area contributed by atoms with Crippen LogP contribution < -0.4 is 15.6 Å². The van der Waals surface area contributed by atoms with Crippen LogP contribution in [0.2, 0.25) is 0 Å². The van der Waals surface area contributed by atoms with Gasteiger partial charge < -0.3 is 4.74 Å². The van der Waals surface area contributed by atoms with Gasteiger partial charge in [-0.15, -0.1) is 0 Å². The molecule has 0 spiro atoms. The highest BCUT2D eigenvalue weighted by Crippen LogP contribution is 2.14. The van der Waals surface area contributed by atoms with Crippen LogP contribution in [0.5, 0.6) is 5.75 Å². The summed E-state index contributed by atoms with van der Waals surface area (Å²) in [6.07, 6.45) is 0.219. The Kier molecular flexibility index (Phi) is 6.37. The molecular weight excluding hydrogens is 304 g/mol. The van der Waals surface area contributed by atoms with Gasteiger partial charge in [0.1, 0.15) is 5.75 Å². The molecule has 0 bridgehead atoms. The van der Waals surface area contributed by atoms with Crippen LogP contribution in [0.25, 0.3) is 0 Å². The number of hydrazine groups is 1. The molecule has 0 aliphatic heterocycles. The Morgan fingerprint density at radius 3 is 2.50 bits per heavy atom. The minimum atomic E-state index is -0.707. The third-order valence-corrected chi connectivity index (χ3v) is 3.48. The number of rotatable bonds is 6. The zero-order chi connectivity index (χ0) is 17.4. The van der Waals surface area contributed by atoms with E-state index in [1.807, 2.05) is 55.5 Å². The fourth-order valence-corrected chi connectivity index (χ4v) is 2.14. The molecule has 0 aliphatic carbocycles. The van der Waals surface area contributed by atoms with E-state index in [2.05, 4.69) is 10.9 Å². The van der Waals surface area contributed by atoms with Gasteiger partial charge in [-0.25, -0.2) is 0 Å². The van der Waals surface area contributed by atoms with Gasteiger partial charge in [0.05, 0.1) is 0 Å². The van der Waals surface area contributed by atoms with Crippen LogP contribution >= 0.6 is 0 Å². The first-order valence-corrected chi connectivity index (χ1v) is 7.90. The quantitative estimate of drug-likeness (QED) is 0.802. The van der Waals surface area contributed by atoms with Gasteiger partial charge in [0.25, 0.3) is 5.91 Å². The summed E-state index contributed by atoms with van der Waals surface area (Å²) in [6, 6.07) is 17.2. The predicted octanol–water partition coefficient (Wildman–Crippen LogP) is 2.54. The maximum Gasteiger partial charge on any atom is 0.279 e. The standard InChI is InChI=1S/C19H22N2O3/c1-14-7-6-10-17(13-14)24-15(2)19(23)21-20-18(22)12-11-16-8-4-3-5-9-16/h3-10,13,15H,11-12H2,1-2H3,(H,20,22)(H,21,23). The van der Waals surface area contributed by atoms with Crippen molar-refractivity contribution in [3.8, 4) is 5.75 Å².